The Morgan fingerprint density at radius 3 is 2.62 bits per heavy atom. The predicted octanol–water partition coefficient (Wildman–Crippen LogP) is 5.91. The Hall–Kier alpha value is -2.71. The molecule has 0 bridgehead atoms. The van der Waals surface area contributed by atoms with Gasteiger partial charge in [-0.1, -0.05) is 60.8 Å². The average molecular weight is 500 g/mol. The summed E-state index contributed by atoms with van der Waals surface area (Å²) >= 11 is 10.8. The second-order valence-electron chi connectivity index (χ2n) is 9.32. The SMILES string of the molecule is CC1Oc2ccc(C(CCCCNC(=S)c3ccccc3)NC(=O)OC(C)(C)C)cc2NC1=S. The molecule has 0 radical (unpaired) electrons. The first kappa shape index (κ1) is 25.9. The number of benzene rings is 2. The van der Waals surface area contributed by atoms with Gasteiger partial charge in [0.25, 0.3) is 0 Å². The number of anilines is 1. The van der Waals surface area contributed by atoms with Gasteiger partial charge in [0.15, 0.2) is 0 Å². The molecule has 0 aromatic heterocycles. The smallest absolute Gasteiger partial charge is 0.408 e. The molecule has 0 fully saturated rings. The maximum absolute atomic E-state index is 12.5. The zero-order chi connectivity index (χ0) is 24.7. The number of ether oxygens (including phenoxy) is 2. The third-order valence-corrected chi connectivity index (χ3v) is 6.08. The van der Waals surface area contributed by atoms with Gasteiger partial charge in [0.1, 0.15) is 27.4 Å². The summed E-state index contributed by atoms with van der Waals surface area (Å²) in [6.07, 6.45) is 1.94. The summed E-state index contributed by atoms with van der Waals surface area (Å²) in [5.41, 5.74) is 2.22. The van der Waals surface area contributed by atoms with E-state index in [1.54, 1.807) is 0 Å². The van der Waals surface area contributed by atoms with Gasteiger partial charge in [0, 0.05) is 12.1 Å². The number of unbranched alkanes of at least 4 members (excludes halogenated alkanes) is 1. The van der Waals surface area contributed by atoms with Crippen molar-refractivity contribution in [3.8, 4) is 5.75 Å². The minimum Gasteiger partial charge on any atom is -0.481 e. The summed E-state index contributed by atoms with van der Waals surface area (Å²) in [6.45, 7) is 8.23. The van der Waals surface area contributed by atoms with Crippen molar-refractivity contribution in [2.45, 2.75) is 64.7 Å². The molecule has 1 aliphatic rings. The predicted molar refractivity (Wildman–Crippen MR) is 145 cm³/mol. The van der Waals surface area contributed by atoms with Crippen molar-refractivity contribution >= 4 is 46.2 Å². The van der Waals surface area contributed by atoms with Crippen molar-refractivity contribution in [2.75, 3.05) is 11.9 Å². The molecule has 1 aliphatic heterocycles. The van der Waals surface area contributed by atoms with Gasteiger partial charge in [-0.25, -0.2) is 4.79 Å². The molecule has 1 heterocycles. The van der Waals surface area contributed by atoms with Gasteiger partial charge < -0.3 is 25.4 Å². The minimum absolute atomic E-state index is 0.168. The number of nitrogens with one attached hydrogen (secondary N) is 3. The molecule has 2 aromatic carbocycles. The Kier molecular flexibility index (Phi) is 8.85. The van der Waals surface area contributed by atoms with E-state index in [0.717, 1.165) is 53.4 Å². The van der Waals surface area contributed by atoms with Gasteiger partial charge in [-0.15, -0.1) is 0 Å². The fourth-order valence-electron chi connectivity index (χ4n) is 3.58. The maximum atomic E-state index is 12.5. The maximum Gasteiger partial charge on any atom is 0.408 e. The molecule has 3 N–H and O–H groups in total. The zero-order valence-corrected chi connectivity index (χ0v) is 21.8. The highest BCUT2D eigenvalue weighted by Crippen LogP contribution is 2.33. The summed E-state index contributed by atoms with van der Waals surface area (Å²) in [4.78, 5) is 13.9. The quantitative estimate of drug-likeness (QED) is 0.308. The lowest BCUT2D eigenvalue weighted by atomic mass is 9.99. The Balaban J connectivity index is 1.62. The first-order chi connectivity index (χ1) is 16.1. The highest BCUT2D eigenvalue weighted by atomic mass is 32.1. The second-order valence-corrected chi connectivity index (χ2v) is 10.2. The van der Waals surface area contributed by atoms with Crippen LogP contribution in [0.15, 0.2) is 48.5 Å². The Morgan fingerprint density at radius 2 is 1.91 bits per heavy atom. The third kappa shape index (κ3) is 7.67. The van der Waals surface area contributed by atoms with Crippen LogP contribution in [0.25, 0.3) is 0 Å². The topological polar surface area (TPSA) is 71.6 Å². The summed E-state index contributed by atoms with van der Waals surface area (Å²) in [7, 11) is 0. The summed E-state index contributed by atoms with van der Waals surface area (Å²) in [6, 6.07) is 15.6. The van der Waals surface area contributed by atoms with Crippen molar-refractivity contribution in [3.05, 3.63) is 59.7 Å². The van der Waals surface area contributed by atoms with Crippen LogP contribution in [0.2, 0.25) is 0 Å². The van der Waals surface area contributed by atoms with E-state index in [9.17, 15) is 4.79 Å². The third-order valence-electron chi connectivity index (χ3n) is 5.27. The number of rotatable bonds is 8. The molecule has 2 unspecified atom stereocenters. The van der Waals surface area contributed by atoms with Crippen LogP contribution in [0.4, 0.5) is 10.5 Å². The molecule has 2 aromatic rings. The van der Waals surface area contributed by atoms with Crippen LogP contribution in [0.5, 0.6) is 5.75 Å². The second kappa shape index (κ2) is 11.6. The van der Waals surface area contributed by atoms with Gasteiger partial charge in [0.05, 0.1) is 11.7 Å². The normalized spacial score (nSPS) is 15.9. The molecule has 34 heavy (non-hydrogen) atoms. The van der Waals surface area contributed by atoms with E-state index in [0.29, 0.717) is 4.99 Å². The Bertz CT molecular complexity index is 1020. The van der Waals surface area contributed by atoms with E-state index >= 15 is 0 Å². The van der Waals surface area contributed by atoms with E-state index in [2.05, 4.69) is 16.0 Å². The Morgan fingerprint density at radius 1 is 1.18 bits per heavy atom. The van der Waals surface area contributed by atoms with Gasteiger partial charge in [-0.05, 0) is 64.7 Å². The molecular weight excluding hydrogens is 466 g/mol. The molecule has 6 nitrogen and oxygen atoms in total. The van der Waals surface area contributed by atoms with Crippen LogP contribution >= 0.6 is 24.4 Å². The summed E-state index contributed by atoms with van der Waals surface area (Å²) < 4.78 is 11.4. The van der Waals surface area contributed by atoms with E-state index < -0.39 is 11.7 Å². The molecule has 0 spiro atoms. The molecule has 8 heteroatoms. The minimum atomic E-state index is -0.570. The summed E-state index contributed by atoms with van der Waals surface area (Å²) in [5, 5.41) is 9.59. The molecule has 0 saturated carbocycles. The number of carbonyl (C=O) groups excluding carboxylic acids is 1. The largest absolute Gasteiger partial charge is 0.481 e. The van der Waals surface area contributed by atoms with Crippen LogP contribution in [-0.4, -0.2) is 34.3 Å². The monoisotopic (exact) mass is 499 g/mol. The molecule has 3 rings (SSSR count). The number of fused-ring (bicyclic) bond motifs is 1. The van der Waals surface area contributed by atoms with Gasteiger partial charge in [-0.2, -0.15) is 0 Å². The van der Waals surface area contributed by atoms with E-state index in [-0.39, 0.29) is 12.1 Å². The van der Waals surface area contributed by atoms with Crippen LogP contribution in [0.3, 0.4) is 0 Å². The number of carbonyl (C=O) groups is 1. The highest BCUT2D eigenvalue weighted by molar-refractivity contribution is 7.81. The van der Waals surface area contributed by atoms with Gasteiger partial charge >= 0.3 is 6.09 Å². The van der Waals surface area contributed by atoms with Crippen LogP contribution in [0, 0.1) is 0 Å². The molecule has 182 valence electrons. The van der Waals surface area contributed by atoms with E-state index in [4.69, 9.17) is 33.9 Å². The first-order valence-corrected chi connectivity index (χ1v) is 12.4. The number of hydrogen-bond donors (Lipinski definition) is 3. The van der Waals surface area contributed by atoms with E-state index in [1.807, 2.05) is 76.2 Å². The van der Waals surface area contributed by atoms with Crippen molar-refractivity contribution in [1.82, 2.24) is 10.6 Å². The standard InChI is InChI=1S/C26H33N3O3S2/c1-17-23(33)28-21-16-19(13-14-22(21)31-17)20(29-25(30)32-26(2,3)4)12-8-9-15-27-24(34)18-10-6-5-7-11-18/h5-7,10-11,13-14,16-17,20H,8-9,12,15H2,1-4H3,(H,27,34)(H,28,33)(H,29,30). The van der Waals surface area contributed by atoms with Gasteiger partial charge in [0.2, 0.25) is 0 Å². The zero-order valence-electron chi connectivity index (χ0n) is 20.1. The molecular formula is C26H33N3O3S2. The van der Waals surface area contributed by atoms with Crippen molar-refractivity contribution in [2.24, 2.45) is 0 Å². The molecule has 0 saturated heterocycles. The lowest BCUT2D eigenvalue weighted by Crippen LogP contribution is -2.35. The highest BCUT2D eigenvalue weighted by Gasteiger charge is 2.24. The van der Waals surface area contributed by atoms with Crippen LogP contribution in [-0.2, 0) is 4.74 Å². The van der Waals surface area contributed by atoms with Crippen molar-refractivity contribution in [3.63, 3.8) is 0 Å². The average Bonchev–Trinajstić information content (AvgIpc) is 2.78. The molecule has 1 amide bonds. The molecule has 2 atom stereocenters. The van der Waals surface area contributed by atoms with Crippen molar-refractivity contribution < 1.29 is 14.3 Å². The van der Waals surface area contributed by atoms with Gasteiger partial charge in [-0.3, -0.25) is 0 Å². The lowest BCUT2D eigenvalue weighted by Gasteiger charge is -2.28. The first-order valence-electron chi connectivity index (χ1n) is 11.6. The Labute approximate surface area is 212 Å². The van der Waals surface area contributed by atoms with E-state index in [1.165, 1.54) is 0 Å². The number of thiocarbonyl (C=S) groups is 2. The van der Waals surface area contributed by atoms with Crippen LogP contribution < -0.4 is 20.7 Å². The number of amides is 1. The lowest BCUT2D eigenvalue weighted by molar-refractivity contribution is 0.0500. The summed E-state index contributed by atoms with van der Waals surface area (Å²) in [5.74, 6) is 0.750. The number of hydrogen-bond acceptors (Lipinski definition) is 5. The number of alkyl carbamates (subject to hydrolysis) is 1. The fraction of sp³-hybridized carbons (Fsp3) is 0.423. The fourth-order valence-corrected chi connectivity index (χ4v) is 3.98. The van der Waals surface area contributed by atoms with Crippen LogP contribution in [0.1, 0.15) is 64.1 Å². The molecule has 0 aliphatic carbocycles. The van der Waals surface area contributed by atoms with Crippen molar-refractivity contribution in [1.29, 1.82) is 0 Å².